The Balaban J connectivity index is 2.76. The van der Waals surface area contributed by atoms with Crippen LogP contribution in [0.5, 0.6) is 5.75 Å². The maximum Gasteiger partial charge on any atom is 0.312 e. The van der Waals surface area contributed by atoms with E-state index in [0.717, 1.165) is 5.75 Å². The quantitative estimate of drug-likeness (QED) is 0.868. The van der Waals surface area contributed by atoms with Gasteiger partial charge in [-0.2, -0.15) is 0 Å². The van der Waals surface area contributed by atoms with Gasteiger partial charge < -0.3 is 9.84 Å². The van der Waals surface area contributed by atoms with Crippen LogP contribution in [0.3, 0.4) is 0 Å². The molecule has 0 atom stereocenters. The van der Waals surface area contributed by atoms with Crippen LogP contribution in [0.1, 0.15) is 44.7 Å². The third-order valence-electron chi connectivity index (χ3n) is 3.04. The first-order chi connectivity index (χ1) is 8.24. The van der Waals surface area contributed by atoms with Crippen molar-refractivity contribution in [3.8, 4) is 5.75 Å². The highest BCUT2D eigenvalue weighted by molar-refractivity contribution is 5.73. The van der Waals surface area contributed by atoms with E-state index in [9.17, 15) is 4.79 Å². The van der Waals surface area contributed by atoms with Crippen molar-refractivity contribution >= 4 is 5.97 Å². The van der Waals surface area contributed by atoms with Gasteiger partial charge in [0.05, 0.1) is 5.41 Å². The van der Waals surface area contributed by atoms with Gasteiger partial charge in [-0.1, -0.05) is 19.9 Å². The van der Waals surface area contributed by atoms with E-state index in [1.54, 1.807) is 13.8 Å². The maximum absolute atomic E-state index is 11.0. The number of carboxylic acids is 1. The van der Waals surface area contributed by atoms with E-state index >= 15 is 0 Å². The molecule has 1 N–H and O–H groups in total. The smallest absolute Gasteiger partial charge is 0.312 e. The standard InChI is InChI=1S/C15H22O3/c1-10(2)13-7-6-12(8-11(13)3)18-9-15(4,5)14(16)17/h6-8,10H,9H2,1-5H3,(H,16,17). The molecule has 3 heteroatoms. The van der Waals surface area contributed by atoms with Crippen molar-refractivity contribution in [2.24, 2.45) is 5.41 Å². The minimum atomic E-state index is -0.870. The largest absolute Gasteiger partial charge is 0.492 e. The van der Waals surface area contributed by atoms with Crippen LogP contribution in [0.2, 0.25) is 0 Å². The highest BCUT2D eigenvalue weighted by Gasteiger charge is 2.28. The second kappa shape index (κ2) is 5.42. The van der Waals surface area contributed by atoms with E-state index in [1.165, 1.54) is 11.1 Å². The molecule has 0 fully saturated rings. The lowest BCUT2D eigenvalue weighted by molar-refractivity contribution is -0.148. The van der Waals surface area contributed by atoms with Gasteiger partial charge in [0.25, 0.3) is 0 Å². The van der Waals surface area contributed by atoms with Crippen molar-refractivity contribution < 1.29 is 14.6 Å². The van der Waals surface area contributed by atoms with Gasteiger partial charge in [-0.05, 0) is 49.9 Å². The molecule has 0 radical (unpaired) electrons. The highest BCUT2D eigenvalue weighted by atomic mass is 16.5. The topological polar surface area (TPSA) is 46.5 Å². The summed E-state index contributed by atoms with van der Waals surface area (Å²) in [6, 6.07) is 5.91. The number of aryl methyl sites for hydroxylation is 1. The van der Waals surface area contributed by atoms with Crippen LogP contribution in [0.25, 0.3) is 0 Å². The normalized spacial score (nSPS) is 11.7. The third kappa shape index (κ3) is 3.49. The van der Waals surface area contributed by atoms with E-state index in [2.05, 4.69) is 13.8 Å². The van der Waals surface area contributed by atoms with Crippen LogP contribution < -0.4 is 4.74 Å². The molecule has 0 amide bonds. The molecule has 0 saturated heterocycles. The number of carboxylic acid groups (broad SMARTS) is 1. The number of benzene rings is 1. The van der Waals surface area contributed by atoms with Crippen molar-refractivity contribution in [3.63, 3.8) is 0 Å². The molecule has 100 valence electrons. The van der Waals surface area contributed by atoms with Gasteiger partial charge in [-0.25, -0.2) is 0 Å². The Hall–Kier alpha value is -1.51. The van der Waals surface area contributed by atoms with Gasteiger partial charge in [-0.15, -0.1) is 0 Å². The van der Waals surface area contributed by atoms with Crippen LogP contribution in [0.4, 0.5) is 0 Å². The predicted octanol–water partition coefficient (Wildman–Crippen LogP) is 3.61. The average Bonchev–Trinajstić information content (AvgIpc) is 2.25. The van der Waals surface area contributed by atoms with Gasteiger partial charge >= 0.3 is 5.97 Å². The van der Waals surface area contributed by atoms with Gasteiger partial charge in [0.2, 0.25) is 0 Å². The van der Waals surface area contributed by atoms with E-state index in [-0.39, 0.29) is 6.61 Å². The number of hydrogen-bond donors (Lipinski definition) is 1. The monoisotopic (exact) mass is 250 g/mol. The van der Waals surface area contributed by atoms with Gasteiger partial charge in [0, 0.05) is 0 Å². The fourth-order valence-electron chi connectivity index (χ4n) is 1.71. The number of ether oxygens (including phenoxy) is 1. The molecular formula is C15H22O3. The Morgan fingerprint density at radius 1 is 1.39 bits per heavy atom. The molecule has 0 aliphatic rings. The van der Waals surface area contributed by atoms with Crippen molar-refractivity contribution in [2.45, 2.75) is 40.5 Å². The van der Waals surface area contributed by atoms with Crippen molar-refractivity contribution in [1.29, 1.82) is 0 Å². The van der Waals surface area contributed by atoms with Crippen LogP contribution in [0.15, 0.2) is 18.2 Å². The van der Waals surface area contributed by atoms with Crippen LogP contribution in [-0.4, -0.2) is 17.7 Å². The van der Waals surface area contributed by atoms with Crippen molar-refractivity contribution in [1.82, 2.24) is 0 Å². The van der Waals surface area contributed by atoms with E-state index in [4.69, 9.17) is 9.84 Å². The number of aliphatic carboxylic acids is 1. The second-order valence-corrected chi connectivity index (χ2v) is 5.65. The molecule has 3 nitrogen and oxygen atoms in total. The lowest BCUT2D eigenvalue weighted by Gasteiger charge is -2.20. The summed E-state index contributed by atoms with van der Waals surface area (Å²) in [5, 5.41) is 9.01. The summed E-state index contributed by atoms with van der Waals surface area (Å²) in [7, 11) is 0. The Labute approximate surface area is 109 Å². The molecule has 1 aromatic rings. The first kappa shape index (κ1) is 14.6. The zero-order valence-corrected chi connectivity index (χ0v) is 11.8. The Bertz CT molecular complexity index is 433. The number of hydrogen-bond acceptors (Lipinski definition) is 2. The Morgan fingerprint density at radius 3 is 2.44 bits per heavy atom. The predicted molar refractivity (Wildman–Crippen MR) is 72.2 cm³/mol. The van der Waals surface area contributed by atoms with Crippen molar-refractivity contribution in [2.75, 3.05) is 6.61 Å². The molecule has 0 unspecified atom stereocenters. The molecule has 1 aromatic carbocycles. The second-order valence-electron chi connectivity index (χ2n) is 5.65. The molecule has 18 heavy (non-hydrogen) atoms. The minimum Gasteiger partial charge on any atom is -0.492 e. The Morgan fingerprint density at radius 2 is 2.00 bits per heavy atom. The minimum absolute atomic E-state index is 0.169. The number of rotatable bonds is 5. The zero-order valence-electron chi connectivity index (χ0n) is 11.8. The van der Waals surface area contributed by atoms with Gasteiger partial charge in [-0.3, -0.25) is 4.79 Å². The molecule has 1 rings (SSSR count). The van der Waals surface area contributed by atoms with Crippen molar-refractivity contribution in [3.05, 3.63) is 29.3 Å². The molecule has 0 aliphatic carbocycles. The lowest BCUT2D eigenvalue weighted by atomic mass is 9.95. The van der Waals surface area contributed by atoms with E-state index in [0.29, 0.717) is 5.92 Å². The highest BCUT2D eigenvalue weighted by Crippen LogP contribution is 2.25. The summed E-state index contributed by atoms with van der Waals surface area (Å²) >= 11 is 0. The van der Waals surface area contributed by atoms with Gasteiger partial charge in [0.1, 0.15) is 12.4 Å². The average molecular weight is 250 g/mol. The zero-order chi connectivity index (χ0) is 13.9. The molecule has 0 aromatic heterocycles. The van der Waals surface area contributed by atoms with E-state index in [1.807, 2.05) is 25.1 Å². The van der Waals surface area contributed by atoms with Crippen LogP contribution >= 0.6 is 0 Å². The summed E-state index contributed by atoms with van der Waals surface area (Å²) < 4.78 is 5.57. The fraction of sp³-hybridized carbons (Fsp3) is 0.533. The molecule has 0 aliphatic heterocycles. The molecule has 0 bridgehead atoms. The SMILES string of the molecule is Cc1cc(OCC(C)(C)C(=O)O)ccc1C(C)C. The third-order valence-corrected chi connectivity index (χ3v) is 3.04. The first-order valence-corrected chi connectivity index (χ1v) is 6.21. The summed E-state index contributed by atoms with van der Waals surface area (Å²) in [6.45, 7) is 9.83. The summed E-state index contributed by atoms with van der Waals surface area (Å²) in [6.07, 6.45) is 0. The summed E-state index contributed by atoms with van der Waals surface area (Å²) in [4.78, 5) is 11.0. The maximum atomic E-state index is 11.0. The van der Waals surface area contributed by atoms with Crippen LogP contribution in [-0.2, 0) is 4.79 Å². The summed E-state index contributed by atoms with van der Waals surface area (Å²) in [5.41, 5.74) is 1.60. The molecular weight excluding hydrogens is 228 g/mol. The lowest BCUT2D eigenvalue weighted by Crippen LogP contribution is -2.30. The molecule has 0 saturated carbocycles. The Kier molecular flexibility index (Phi) is 4.38. The first-order valence-electron chi connectivity index (χ1n) is 6.21. The molecule has 0 heterocycles. The number of carbonyl (C=O) groups is 1. The molecule has 0 spiro atoms. The summed E-state index contributed by atoms with van der Waals surface area (Å²) in [5.74, 6) is 0.360. The van der Waals surface area contributed by atoms with Crippen LogP contribution in [0, 0.1) is 12.3 Å². The fourth-order valence-corrected chi connectivity index (χ4v) is 1.71. The van der Waals surface area contributed by atoms with Gasteiger partial charge in [0.15, 0.2) is 0 Å². The van der Waals surface area contributed by atoms with E-state index < -0.39 is 11.4 Å².